The summed E-state index contributed by atoms with van der Waals surface area (Å²) in [4.78, 5) is 2.33. The Hall–Kier alpha value is -1.22. The van der Waals surface area contributed by atoms with Gasteiger partial charge >= 0.3 is 0 Å². The van der Waals surface area contributed by atoms with Gasteiger partial charge in [0, 0.05) is 25.3 Å². The minimum Gasteiger partial charge on any atom is -0.494 e. The lowest BCUT2D eigenvalue weighted by Crippen LogP contribution is -2.35. The molecule has 1 aliphatic rings. The summed E-state index contributed by atoms with van der Waals surface area (Å²) >= 11 is 0. The topological polar surface area (TPSA) is 24.5 Å². The van der Waals surface area contributed by atoms with E-state index >= 15 is 0 Å². The first-order chi connectivity index (χ1) is 8.70. The molecule has 0 spiro atoms. The zero-order chi connectivity index (χ0) is 13.0. The molecule has 1 aliphatic heterocycles. The molecule has 0 aliphatic carbocycles. The van der Waals surface area contributed by atoms with Crippen LogP contribution in [0.25, 0.3) is 0 Å². The van der Waals surface area contributed by atoms with Gasteiger partial charge in [-0.2, -0.15) is 0 Å². The van der Waals surface area contributed by atoms with Gasteiger partial charge in [0.05, 0.1) is 6.61 Å². The molecule has 18 heavy (non-hydrogen) atoms. The first kappa shape index (κ1) is 13.2. The Morgan fingerprint density at radius 3 is 2.89 bits per heavy atom. The Kier molecular flexibility index (Phi) is 4.48. The van der Waals surface area contributed by atoms with Gasteiger partial charge in [0.15, 0.2) is 0 Å². The fourth-order valence-electron chi connectivity index (χ4n) is 2.54. The van der Waals surface area contributed by atoms with E-state index in [0.717, 1.165) is 18.9 Å². The van der Waals surface area contributed by atoms with Crippen molar-refractivity contribution in [2.24, 2.45) is 0 Å². The standard InChI is InChI=1S/C15H24N2O/c1-4-18-15-8-7-14(10-12(15)2)17(3)11-13-6-5-9-16-13/h7-8,10,13,16H,4-6,9,11H2,1-3H3. The van der Waals surface area contributed by atoms with Crippen LogP contribution in [0.15, 0.2) is 18.2 Å². The van der Waals surface area contributed by atoms with Gasteiger partial charge in [-0.05, 0) is 57.0 Å². The maximum Gasteiger partial charge on any atom is 0.122 e. The number of nitrogens with zero attached hydrogens (tertiary/aromatic N) is 1. The fourth-order valence-corrected chi connectivity index (χ4v) is 2.54. The van der Waals surface area contributed by atoms with Crippen LogP contribution >= 0.6 is 0 Å². The molecule has 1 aromatic carbocycles. The van der Waals surface area contributed by atoms with Gasteiger partial charge in [0.1, 0.15) is 5.75 Å². The van der Waals surface area contributed by atoms with E-state index in [1.54, 1.807) is 0 Å². The van der Waals surface area contributed by atoms with E-state index in [4.69, 9.17) is 4.74 Å². The molecule has 1 fully saturated rings. The second kappa shape index (κ2) is 6.10. The van der Waals surface area contributed by atoms with Crippen molar-refractivity contribution in [3.8, 4) is 5.75 Å². The van der Waals surface area contributed by atoms with Crippen molar-refractivity contribution >= 4 is 5.69 Å². The van der Waals surface area contributed by atoms with Crippen molar-refractivity contribution in [2.45, 2.75) is 32.7 Å². The summed E-state index contributed by atoms with van der Waals surface area (Å²) in [6.45, 7) is 7.09. The van der Waals surface area contributed by atoms with Crippen molar-refractivity contribution in [1.29, 1.82) is 0 Å². The molecule has 1 aromatic rings. The second-order valence-electron chi connectivity index (χ2n) is 5.06. The van der Waals surface area contributed by atoms with Gasteiger partial charge in [0.25, 0.3) is 0 Å². The van der Waals surface area contributed by atoms with Crippen LogP contribution in [0.4, 0.5) is 5.69 Å². The highest BCUT2D eigenvalue weighted by atomic mass is 16.5. The van der Waals surface area contributed by atoms with E-state index in [2.05, 4.69) is 42.4 Å². The molecule has 3 nitrogen and oxygen atoms in total. The number of likely N-dealkylation sites (N-methyl/N-ethyl adjacent to an activating group) is 1. The lowest BCUT2D eigenvalue weighted by atomic mass is 10.1. The van der Waals surface area contributed by atoms with Gasteiger partial charge in [-0.1, -0.05) is 0 Å². The van der Waals surface area contributed by atoms with Crippen molar-refractivity contribution in [2.75, 3.05) is 31.6 Å². The average Bonchev–Trinajstić information content (AvgIpc) is 2.84. The van der Waals surface area contributed by atoms with Crippen LogP contribution in [0.1, 0.15) is 25.3 Å². The Morgan fingerprint density at radius 2 is 2.28 bits per heavy atom. The Labute approximate surface area is 110 Å². The van der Waals surface area contributed by atoms with Gasteiger partial charge in [0.2, 0.25) is 0 Å². The summed E-state index contributed by atoms with van der Waals surface area (Å²) in [6, 6.07) is 7.07. The molecule has 0 amide bonds. The van der Waals surface area contributed by atoms with Gasteiger partial charge < -0.3 is 15.0 Å². The monoisotopic (exact) mass is 248 g/mol. The normalized spacial score (nSPS) is 18.9. The lowest BCUT2D eigenvalue weighted by molar-refractivity contribution is 0.338. The van der Waals surface area contributed by atoms with Crippen LogP contribution in [0.2, 0.25) is 0 Å². The number of rotatable bonds is 5. The van der Waals surface area contributed by atoms with E-state index in [9.17, 15) is 0 Å². The number of hydrogen-bond donors (Lipinski definition) is 1. The van der Waals surface area contributed by atoms with Crippen LogP contribution in [0.3, 0.4) is 0 Å². The third-order valence-electron chi connectivity index (χ3n) is 3.56. The minimum absolute atomic E-state index is 0.641. The quantitative estimate of drug-likeness (QED) is 0.867. The molecule has 2 rings (SSSR count). The third kappa shape index (κ3) is 3.16. The summed E-state index contributed by atoms with van der Waals surface area (Å²) in [6.07, 6.45) is 2.60. The first-order valence-electron chi connectivity index (χ1n) is 6.88. The molecule has 1 atom stereocenters. The van der Waals surface area contributed by atoms with Crippen LogP contribution in [-0.2, 0) is 0 Å². The molecule has 100 valence electrons. The highest BCUT2D eigenvalue weighted by Crippen LogP contribution is 2.24. The third-order valence-corrected chi connectivity index (χ3v) is 3.56. The molecule has 1 unspecified atom stereocenters. The summed E-state index contributed by atoms with van der Waals surface area (Å²) < 4.78 is 5.57. The van der Waals surface area contributed by atoms with Gasteiger partial charge in [-0.15, -0.1) is 0 Å². The van der Waals surface area contributed by atoms with Crippen LogP contribution in [0.5, 0.6) is 5.75 Å². The Bertz CT molecular complexity index is 386. The predicted octanol–water partition coefficient (Wildman–Crippen LogP) is 2.58. The molecular weight excluding hydrogens is 224 g/mol. The van der Waals surface area contributed by atoms with Crippen LogP contribution in [0, 0.1) is 6.92 Å². The van der Waals surface area contributed by atoms with E-state index in [0.29, 0.717) is 6.04 Å². The summed E-state index contributed by atoms with van der Waals surface area (Å²) in [7, 11) is 2.16. The minimum atomic E-state index is 0.641. The summed E-state index contributed by atoms with van der Waals surface area (Å²) in [5.41, 5.74) is 2.48. The van der Waals surface area contributed by atoms with Crippen molar-refractivity contribution < 1.29 is 4.74 Å². The average molecular weight is 248 g/mol. The molecule has 0 radical (unpaired) electrons. The molecule has 3 heteroatoms. The van der Waals surface area contributed by atoms with Crippen molar-refractivity contribution in [3.63, 3.8) is 0 Å². The van der Waals surface area contributed by atoms with E-state index in [-0.39, 0.29) is 0 Å². The maximum absolute atomic E-state index is 5.57. The first-order valence-corrected chi connectivity index (χ1v) is 6.88. The largest absolute Gasteiger partial charge is 0.494 e. The lowest BCUT2D eigenvalue weighted by Gasteiger charge is -2.24. The number of aryl methyl sites for hydroxylation is 1. The van der Waals surface area contributed by atoms with E-state index in [1.165, 1.54) is 30.6 Å². The van der Waals surface area contributed by atoms with Gasteiger partial charge in [-0.3, -0.25) is 0 Å². The van der Waals surface area contributed by atoms with Crippen LogP contribution in [-0.4, -0.2) is 32.8 Å². The SMILES string of the molecule is CCOc1ccc(N(C)CC2CCCN2)cc1C. The predicted molar refractivity (Wildman–Crippen MR) is 76.6 cm³/mol. The molecular formula is C15H24N2O. The molecule has 1 N–H and O–H groups in total. The number of ether oxygens (including phenoxy) is 1. The smallest absolute Gasteiger partial charge is 0.122 e. The van der Waals surface area contributed by atoms with E-state index < -0.39 is 0 Å². The zero-order valence-corrected chi connectivity index (χ0v) is 11.7. The maximum atomic E-state index is 5.57. The molecule has 0 bridgehead atoms. The number of hydrogen-bond acceptors (Lipinski definition) is 3. The zero-order valence-electron chi connectivity index (χ0n) is 11.7. The summed E-state index contributed by atoms with van der Waals surface area (Å²) in [5, 5.41) is 3.54. The Balaban J connectivity index is 2.01. The molecule has 0 saturated carbocycles. The molecule has 1 heterocycles. The van der Waals surface area contributed by atoms with Gasteiger partial charge in [-0.25, -0.2) is 0 Å². The van der Waals surface area contributed by atoms with E-state index in [1.807, 2.05) is 6.92 Å². The van der Waals surface area contributed by atoms with Crippen molar-refractivity contribution in [1.82, 2.24) is 5.32 Å². The second-order valence-corrected chi connectivity index (χ2v) is 5.06. The number of benzene rings is 1. The van der Waals surface area contributed by atoms with Crippen LogP contribution < -0.4 is 15.0 Å². The highest BCUT2D eigenvalue weighted by molar-refractivity contribution is 5.52. The Morgan fingerprint density at radius 1 is 1.44 bits per heavy atom. The van der Waals surface area contributed by atoms with Crippen molar-refractivity contribution in [3.05, 3.63) is 23.8 Å². The highest BCUT2D eigenvalue weighted by Gasteiger charge is 2.16. The number of anilines is 1. The molecule has 1 saturated heterocycles. The fraction of sp³-hybridized carbons (Fsp3) is 0.600. The molecule has 0 aromatic heterocycles. The summed E-state index contributed by atoms with van der Waals surface area (Å²) in [5.74, 6) is 0.994. The number of nitrogens with one attached hydrogen (secondary N) is 1.